The molecule has 0 bridgehead atoms. The molecule has 2 aromatic carbocycles. The van der Waals surface area contributed by atoms with E-state index in [0.717, 1.165) is 31.9 Å². The fourth-order valence-corrected chi connectivity index (χ4v) is 7.25. The summed E-state index contributed by atoms with van der Waals surface area (Å²) >= 11 is 13.6. The molecule has 2 aliphatic rings. The first kappa shape index (κ1) is 32.0. The second-order valence-corrected chi connectivity index (χ2v) is 12.6. The van der Waals surface area contributed by atoms with Gasteiger partial charge in [0.2, 0.25) is 5.91 Å². The van der Waals surface area contributed by atoms with E-state index in [0.29, 0.717) is 78.2 Å². The molecule has 1 amide bonds. The van der Waals surface area contributed by atoms with Crippen LogP contribution < -0.4 is 24.4 Å². The van der Waals surface area contributed by atoms with Crippen molar-refractivity contribution < 1.29 is 19.0 Å². The number of carbonyl (C=O) groups is 1. The summed E-state index contributed by atoms with van der Waals surface area (Å²) in [5.41, 5.74) is 4.49. The lowest BCUT2D eigenvalue weighted by molar-refractivity contribution is -0.111. The number of fused-ring (bicyclic) bond motifs is 3. The van der Waals surface area contributed by atoms with E-state index in [4.69, 9.17) is 47.4 Å². The molecule has 0 unspecified atom stereocenters. The Hall–Kier alpha value is -4.58. The van der Waals surface area contributed by atoms with E-state index >= 15 is 0 Å². The van der Waals surface area contributed by atoms with E-state index in [1.807, 2.05) is 28.8 Å². The Labute approximate surface area is 288 Å². The van der Waals surface area contributed by atoms with Crippen LogP contribution in [-0.4, -0.2) is 83.7 Å². The molecule has 0 spiro atoms. The number of methoxy groups -OCH3 is 3. The molecular weight excluding hydrogens is 653 g/mol. The lowest BCUT2D eigenvalue weighted by atomic mass is 9.91. The van der Waals surface area contributed by atoms with Crippen LogP contribution in [0, 0.1) is 0 Å². The zero-order chi connectivity index (χ0) is 33.5. The Bertz CT molecular complexity index is 2030. The average Bonchev–Trinajstić information content (AvgIpc) is 3.58. The first-order valence-electron chi connectivity index (χ1n) is 15.7. The van der Waals surface area contributed by atoms with Gasteiger partial charge in [-0.15, -0.1) is 0 Å². The molecule has 248 valence electrons. The molecule has 1 saturated heterocycles. The molecule has 0 radical (unpaired) electrons. The highest BCUT2D eigenvalue weighted by atomic mass is 35.5. The number of piperazine rings is 1. The smallest absolute Gasteiger partial charge is 0.247 e. The lowest BCUT2D eigenvalue weighted by Gasteiger charge is -2.44. The van der Waals surface area contributed by atoms with Crippen LogP contribution in [0.4, 0.5) is 11.4 Å². The van der Waals surface area contributed by atoms with Crippen molar-refractivity contribution in [2.75, 3.05) is 57.7 Å². The summed E-state index contributed by atoms with van der Waals surface area (Å²) < 4.78 is 18.8. The van der Waals surface area contributed by atoms with Crippen molar-refractivity contribution in [2.24, 2.45) is 0 Å². The Morgan fingerprint density at radius 3 is 2.25 bits per heavy atom. The van der Waals surface area contributed by atoms with Crippen LogP contribution in [-0.2, 0) is 4.79 Å². The second-order valence-electron chi connectivity index (χ2n) is 11.8. The molecule has 13 heteroatoms. The standard InChI is InChI=1S/C35H35Cl2N7O4/c1-5-29(45)40-24-16-22(26(46-2)17-25(24)43-13-11-42(12-14-43)21-7-6-8-21)33-39-19-20-15-23(35-38-9-10-44(35)34(20)41-33)30-31(36)27(47-3)18-28(48-4)32(30)37/h5,9-10,15-19,21H,1,6-8,11-14H2,2-4H3,(H,40,45). The zero-order valence-corrected chi connectivity index (χ0v) is 28.4. The number of imidazole rings is 1. The maximum atomic E-state index is 12.6. The highest BCUT2D eigenvalue weighted by molar-refractivity contribution is 6.41. The maximum Gasteiger partial charge on any atom is 0.247 e. The summed E-state index contributed by atoms with van der Waals surface area (Å²) in [6, 6.07) is 8.06. The lowest BCUT2D eigenvalue weighted by Crippen LogP contribution is -2.52. The van der Waals surface area contributed by atoms with Gasteiger partial charge in [-0.3, -0.25) is 14.1 Å². The number of nitrogens with one attached hydrogen (secondary N) is 1. The van der Waals surface area contributed by atoms with Gasteiger partial charge >= 0.3 is 0 Å². The number of halogens is 2. The van der Waals surface area contributed by atoms with Gasteiger partial charge in [0.25, 0.3) is 0 Å². The summed E-state index contributed by atoms with van der Waals surface area (Å²) in [5.74, 6) is 1.53. The molecule has 1 N–H and O–H groups in total. The molecule has 48 heavy (non-hydrogen) atoms. The van der Waals surface area contributed by atoms with Crippen molar-refractivity contribution in [1.29, 1.82) is 0 Å². The minimum atomic E-state index is -0.306. The number of rotatable bonds is 9. The van der Waals surface area contributed by atoms with E-state index in [9.17, 15) is 4.79 Å². The van der Waals surface area contributed by atoms with Gasteiger partial charge in [0.15, 0.2) is 5.82 Å². The van der Waals surface area contributed by atoms with Crippen molar-refractivity contribution >= 4 is 57.2 Å². The molecule has 0 atom stereocenters. The highest BCUT2D eigenvalue weighted by Gasteiger charge is 2.30. The molecule has 1 aliphatic carbocycles. The zero-order valence-electron chi connectivity index (χ0n) is 26.9. The number of anilines is 2. The van der Waals surface area contributed by atoms with E-state index in [2.05, 4.69) is 26.7 Å². The van der Waals surface area contributed by atoms with Crippen molar-refractivity contribution in [2.45, 2.75) is 25.3 Å². The number of carbonyl (C=O) groups excluding carboxylic acids is 1. The quantitative estimate of drug-likeness (QED) is 0.169. The third-order valence-corrected chi connectivity index (χ3v) is 10.0. The third kappa shape index (κ3) is 5.55. The Morgan fingerprint density at radius 1 is 0.917 bits per heavy atom. The van der Waals surface area contributed by atoms with Crippen LogP contribution in [0.1, 0.15) is 19.3 Å². The molecule has 3 aromatic heterocycles. The summed E-state index contributed by atoms with van der Waals surface area (Å²) in [4.78, 5) is 31.9. The molecule has 7 rings (SSSR count). The van der Waals surface area contributed by atoms with Gasteiger partial charge in [0, 0.05) is 79.5 Å². The van der Waals surface area contributed by atoms with Crippen LogP contribution in [0.3, 0.4) is 0 Å². The first-order valence-corrected chi connectivity index (χ1v) is 16.5. The van der Waals surface area contributed by atoms with Gasteiger partial charge in [-0.05, 0) is 31.1 Å². The number of nitrogens with zero attached hydrogens (tertiary/aromatic N) is 6. The van der Waals surface area contributed by atoms with Gasteiger partial charge in [-0.1, -0.05) is 36.2 Å². The predicted octanol–water partition coefficient (Wildman–Crippen LogP) is 6.74. The molecule has 1 saturated carbocycles. The number of ether oxygens (including phenoxy) is 3. The highest BCUT2D eigenvalue weighted by Crippen LogP contribution is 2.47. The van der Waals surface area contributed by atoms with Crippen LogP contribution in [0.25, 0.3) is 39.2 Å². The largest absolute Gasteiger partial charge is 0.496 e. The fraction of sp³-hybridized carbons (Fsp3) is 0.314. The molecule has 11 nitrogen and oxygen atoms in total. The number of pyridine rings is 1. The van der Waals surface area contributed by atoms with Gasteiger partial charge in [-0.2, -0.15) is 0 Å². The Kier molecular flexibility index (Phi) is 8.76. The van der Waals surface area contributed by atoms with Crippen LogP contribution >= 0.6 is 23.2 Å². The van der Waals surface area contributed by atoms with Gasteiger partial charge in [0.05, 0.1) is 48.3 Å². The topological polar surface area (TPSA) is 106 Å². The monoisotopic (exact) mass is 687 g/mol. The normalized spacial score (nSPS) is 15.4. The van der Waals surface area contributed by atoms with E-state index < -0.39 is 0 Å². The minimum absolute atomic E-state index is 0.306. The molecule has 2 fully saturated rings. The van der Waals surface area contributed by atoms with Crippen LogP contribution in [0.5, 0.6) is 17.2 Å². The van der Waals surface area contributed by atoms with Gasteiger partial charge in [0.1, 0.15) is 28.5 Å². The number of hydrogen-bond donors (Lipinski definition) is 1. The number of aromatic nitrogens is 4. The predicted molar refractivity (Wildman–Crippen MR) is 189 cm³/mol. The van der Waals surface area contributed by atoms with E-state index in [-0.39, 0.29) is 5.91 Å². The fourth-order valence-electron chi connectivity index (χ4n) is 6.54. The average molecular weight is 689 g/mol. The van der Waals surface area contributed by atoms with Crippen molar-refractivity contribution in [3.05, 3.63) is 65.6 Å². The molecule has 1 aliphatic heterocycles. The molecular formula is C35H35Cl2N7O4. The van der Waals surface area contributed by atoms with Crippen LogP contribution in [0.15, 0.2) is 55.5 Å². The van der Waals surface area contributed by atoms with Crippen molar-refractivity contribution in [3.63, 3.8) is 0 Å². The summed E-state index contributed by atoms with van der Waals surface area (Å²) in [6.45, 7) is 7.29. The molecule has 5 aromatic rings. The van der Waals surface area contributed by atoms with E-state index in [1.165, 1.54) is 39.6 Å². The number of amides is 1. The van der Waals surface area contributed by atoms with Crippen molar-refractivity contribution in [1.82, 2.24) is 24.3 Å². The maximum absolute atomic E-state index is 12.6. The summed E-state index contributed by atoms with van der Waals surface area (Å²) in [7, 11) is 4.69. The SMILES string of the molecule is C=CC(=O)Nc1cc(-c2ncc3cc(-c4c(Cl)c(OC)cc(OC)c4Cl)c4nccn4c3n2)c(OC)cc1N1CCN(C2CCC2)CC1. The third-order valence-electron chi connectivity index (χ3n) is 9.30. The summed E-state index contributed by atoms with van der Waals surface area (Å²) in [5, 5.41) is 4.38. The number of hydrogen-bond acceptors (Lipinski definition) is 9. The summed E-state index contributed by atoms with van der Waals surface area (Å²) in [6.07, 6.45) is 10.4. The number of benzene rings is 2. The van der Waals surface area contributed by atoms with E-state index in [1.54, 1.807) is 25.6 Å². The second kappa shape index (κ2) is 13.1. The minimum Gasteiger partial charge on any atom is -0.496 e. The Morgan fingerprint density at radius 2 is 1.62 bits per heavy atom. The Balaban J connectivity index is 1.33. The van der Waals surface area contributed by atoms with Crippen molar-refractivity contribution in [3.8, 4) is 39.8 Å². The molecule has 4 heterocycles. The van der Waals surface area contributed by atoms with Gasteiger partial charge < -0.3 is 24.4 Å². The van der Waals surface area contributed by atoms with Crippen LogP contribution in [0.2, 0.25) is 10.0 Å². The van der Waals surface area contributed by atoms with Gasteiger partial charge in [-0.25, -0.2) is 15.0 Å². The first-order chi connectivity index (χ1) is 23.3.